The maximum absolute atomic E-state index is 6.06. The van der Waals surface area contributed by atoms with E-state index in [9.17, 15) is 0 Å². The van der Waals surface area contributed by atoms with E-state index in [0.717, 1.165) is 13.2 Å². The lowest BCUT2D eigenvalue weighted by molar-refractivity contribution is 0.0762. The molecule has 3 nitrogen and oxygen atoms in total. The van der Waals surface area contributed by atoms with Crippen molar-refractivity contribution in [3.05, 3.63) is 21.9 Å². The maximum atomic E-state index is 6.06. The largest absolute Gasteiger partial charge is 0.383 e. The van der Waals surface area contributed by atoms with Crippen LogP contribution in [0.2, 0.25) is 0 Å². The topological polar surface area (TPSA) is 38.5 Å². The summed E-state index contributed by atoms with van der Waals surface area (Å²) in [5.74, 6) is 0. The number of nitrogens with two attached hydrogens (primary N) is 1. The number of thiophene rings is 1. The van der Waals surface area contributed by atoms with Crippen LogP contribution in [0.5, 0.6) is 0 Å². The zero-order chi connectivity index (χ0) is 15.3. The van der Waals surface area contributed by atoms with Crippen molar-refractivity contribution in [3.63, 3.8) is 0 Å². The summed E-state index contributed by atoms with van der Waals surface area (Å²) < 4.78 is 5.30. The van der Waals surface area contributed by atoms with Gasteiger partial charge in [0.2, 0.25) is 0 Å². The lowest BCUT2D eigenvalue weighted by atomic mass is 9.95. The Morgan fingerprint density at radius 2 is 2.00 bits per heavy atom. The van der Waals surface area contributed by atoms with Crippen LogP contribution in [0.3, 0.4) is 0 Å². The Labute approximate surface area is 128 Å². The molecule has 2 N–H and O–H groups in total. The molecule has 0 radical (unpaired) electrons. The third-order valence-electron chi connectivity index (χ3n) is 3.66. The Hall–Kier alpha value is -0.420. The van der Waals surface area contributed by atoms with Gasteiger partial charge < -0.3 is 10.5 Å². The van der Waals surface area contributed by atoms with Crippen LogP contribution in [0.25, 0.3) is 0 Å². The summed E-state index contributed by atoms with van der Waals surface area (Å²) in [6.45, 7) is 13.5. The predicted molar refractivity (Wildman–Crippen MR) is 88.5 cm³/mol. The van der Waals surface area contributed by atoms with E-state index in [1.54, 1.807) is 7.11 Å². The average molecular weight is 298 g/mol. The van der Waals surface area contributed by atoms with Crippen LogP contribution >= 0.6 is 11.3 Å². The van der Waals surface area contributed by atoms with E-state index in [1.165, 1.54) is 9.75 Å². The van der Waals surface area contributed by atoms with Crippen molar-refractivity contribution in [1.29, 1.82) is 0 Å². The summed E-state index contributed by atoms with van der Waals surface area (Å²) >= 11 is 1.89. The molecule has 0 saturated carbocycles. The molecular weight excluding hydrogens is 268 g/mol. The van der Waals surface area contributed by atoms with E-state index in [0.29, 0.717) is 12.6 Å². The van der Waals surface area contributed by atoms with E-state index < -0.39 is 0 Å². The van der Waals surface area contributed by atoms with Gasteiger partial charge in [0, 0.05) is 29.5 Å². The lowest BCUT2D eigenvalue weighted by Gasteiger charge is -2.34. The molecule has 2 atom stereocenters. The van der Waals surface area contributed by atoms with Gasteiger partial charge in [-0.25, -0.2) is 0 Å². The fourth-order valence-corrected chi connectivity index (χ4v) is 3.73. The van der Waals surface area contributed by atoms with Crippen molar-refractivity contribution in [1.82, 2.24) is 4.90 Å². The Bertz CT molecular complexity index is 397. The van der Waals surface area contributed by atoms with Gasteiger partial charge in [-0.05, 0) is 31.0 Å². The summed E-state index contributed by atoms with van der Waals surface area (Å²) in [5.41, 5.74) is 6.26. The van der Waals surface area contributed by atoms with Crippen molar-refractivity contribution in [3.8, 4) is 0 Å². The molecule has 1 heterocycles. The molecule has 1 aromatic heterocycles. The van der Waals surface area contributed by atoms with Gasteiger partial charge in [0.05, 0.1) is 12.6 Å². The fraction of sp³-hybridized carbons (Fsp3) is 0.750. The molecule has 0 aliphatic heterocycles. The van der Waals surface area contributed by atoms with Crippen molar-refractivity contribution in [2.75, 3.05) is 26.8 Å². The van der Waals surface area contributed by atoms with Crippen molar-refractivity contribution in [2.45, 2.75) is 52.1 Å². The van der Waals surface area contributed by atoms with Gasteiger partial charge in [0.1, 0.15) is 0 Å². The minimum atomic E-state index is 0.206. The Morgan fingerprint density at radius 1 is 1.35 bits per heavy atom. The molecule has 0 fully saturated rings. The van der Waals surface area contributed by atoms with E-state index in [4.69, 9.17) is 10.5 Å². The Morgan fingerprint density at radius 3 is 2.40 bits per heavy atom. The highest BCUT2D eigenvalue weighted by Crippen LogP contribution is 2.34. The van der Waals surface area contributed by atoms with Crippen LogP contribution in [0, 0.1) is 0 Å². The lowest BCUT2D eigenvalue weighted by Crippen LogP contribution is -2.41. The molecule has 0 spiro atoms. The van der Waals surface area contributed by atoms with Gasteiger partial charge in [0.15, 0.2) is 0 Å². The van der Waals surface area contributed by atoms with Gasteiger partial charge in [-0.3, -0.25) is 4.90 Å². The van der Waals surface area contributed by atoms with Gasteiger partial charge in [-0.2, -0.15) is 0 Å². The summed E-state index contributed by atoms with van der Waals surface area (Å²) in [5, 5.41) is 0. The maximum Gasteiger partial charge on any atom is 0.0615 e. The van der Waals surface area contributed by atoms with Gasteiger partial charge in [-0.15, -0.1) is 11.3 Å². The van der Waals surface area contributed by atoms with Gasteiger partial charge in [-0.1, -0.05) is 27.7 Å². The van der Waals surface area contributed by atoms with Crippen LogP contribution in [0.15, 0.2) is 12.1 Å². The molecule has 2 unspecified atom stereocenters. The van der Waals surface area contributed by atoms with Crippen molar-refractivity contribution >= 4 is 11.3 Å². The zero-order valence-electron chi connectivity index (χ0n) is 13.8. The molecule has 0 bridgehead atoms. The van der Waals surface area contributed by atoms with Gasteiger partial charge >= 0.3 is 0 Å². The number of hydrogen-bond acceptors (Lipinski definition) is 4. The Kier molecular flexibility index (Phi) is 6.65. The second-order valence-electron chi connectivity index (χ2n) is 6.34. The molecule has 116 valence electrons. The first kappa shape index (κ1) is 17.6. The molecular formula is C16H30N2OS. The van der Waals surface area contributed by atoms with E-state index in [-0.39, 0.29) is 11.5 Å². The van der Waals surface area contributed by atoms with E-state index in [2.05, 4.69) is 51.7 Å². The van der Waals surface area contributed by atoms with Crippen molar-refractivity contribution in [2.24, 2.45) is 5.73 Å². The molecule has 1 aromatic rings. The second-order valence-corrected chi connectivity index (χ2v) is 7.45. The van der Waals surface area contributed by atoms with Crippen LogP contribution in [-0.4, -0.2) is 37.7 Å². The smallest absolute Gasteiger partial charge is 0.0615 e. The molecule has 4 heteroatoms. The summed E-state index contributed by atoms with van der Waals surface area (Å²) in [7, 11) is 1.75. The number of methoxy groups -OCH3 is 1. The van der Waals surface area contributed by atoms with Crippen molar-refractivity contribution < 1.29 is 4.74 Å². The second kappa shape index (κ2) is 7.55. The number of nitrogens with zero attached hydrogens (tertiary/aromatic N) is 1. The highest BCUT2D eigenvalue weighted by molar-refractivity contribution is 7.12. The molecule has 20 heavy (non-hydrogen) atoms. The minimum absolute atomic E-state index is 0.206. The minimum Gasteiger partial charge on any atom is -0.383 e. The first-order valence-corrected chi connectivity index (χ1v) is 8.21. The number of hydrogen-bond donors (Lipinski definition) is 1. The van der Waals surface area contributed by atoms with Gasteiger partial charge in [0.25, 0.3) is 0 Å². The van der Waals surface area contributed by atoms with Crippen LogP contribution in [0.1, 0.15) is 50.4 Å². The first-order chi connectivity index (χ1) is 9.35. The third-order valence-corrected chi connectivity index (χ3v) is 5.27. The van der Waals surface area contributed by atoms with E-state index >= 15 is 0 Å². The molecule has 0 amide bonds. The number of rotatable bonds is 7. The van der Waals surface area contributed by atoms with Crippen LogP contribution < -0.4 is 5.73 Å². The monoisotopic (exact) mass is 298 g/mol. The summed E-state index contributed by atoms with van der Waals surface area (Å²) in [6, 6.07) is 5.15. The molecule has 0 aliphatic rings. The van der Waals surface area contributed by atoms with Crippen LogP contribution in [-0.2, 0) is 10.2 Å². The Balaban J connectivity index is 2.96. The van der Waals surface area contributed by atoms with E-state index in [1.807, 2.05) is 11.3 Å². The van der Waals surface area contributed by atoms with Crippen LogP contribution in [0.4, 0.5) is 0 Å². The number of ether oxygens (including phenoxy) is 1. The first-order valence-electron chi connectivity index (χ1n) is 7.40. The quantitative estimate of drug-likeness (QED) is 0.838. The highest BCUT2D eigenvalue weighted by Gasteiger charge is 2.25. The SMILES string of the molecule is CCN(C(C)COC)C(CN)c1ccc(C(C)(C)C)s1. The number of likely N-dealkylation sites (N-methyl/N-ethyl adjacent to an activating group) is 1. The molecule has 0 aliphatic carbocycles. The zero-order valence-corrected chi connectivity index (χ0v) is 14.6. The predicted octanol–water partition coefficient (Wildman–Crippen LogP) is 3.40. The standard InChI is InChI=1S/C16H30N2OS/c1-7-18(12(2)11-19-6)13(10-17)14-8-9-15(20-14)16(3,4)5/h8-9,12-13H,7,10-11,17H2,1-6H3. The normalized spacial score (nSPS) is 15.6. The summed E-state index contributed by atoms with van der Waals surface area (Å²) in [4.78, 5) is 5.21. The summed E-state index contributed by atoms with van der Waals surface area (Å²) in [6.07, 6.45) is 0. The fourth-order valence-electron chi connectivity index (χ4n) is 2.53. The molecule has 1 rings (SSSR count). The molecule has 0 saturated heterocycles. The molecule has 0 aromatic carbocycles. The third kappa shape index (κ3) is 4.29. The average Bonchev–Trinajstić information content (AvgIpc) is 2.84. The highest BCUT2D eigenvalue weighted by atomic mass is 32.1.